The number of rotatable bonds is 2. The Kier molecular flexibility index (Phi) is 3.88. The third kappa shape index (κ3) is 2.60. The Morgan fingerprint density at radius 3 is 2.91 bits per heavy atom. The Hall–Kier alpha value is -1.92. The maximum absolute atomic E-state index is 14.2. The first-order valence-corrected chi connectivity index (χ1v) is 7.38. The minimum atomic E-state index is -0.604. The van der Waals surface area contributed by atoms with E-state index in [-0.39, 0.29) is 11.3 Å². The van der Waals surface area contributed by atoms with Crippen LogP contribution in [0.5, 0.6) is 0 Å². The van der Waals surface area contributed by atoms with Gasteiger partial charge in [0.1, 0.15) is 11.6 Å². The molecule has 2 aromatic rings. The summed E-state index contributed by atoms with van der Waals surface area (Å²) in [7, 11) is 1.97. The van der Waals surface area contributed by atoms with Crippen LogP contribution >= 0.6 is 11.6 Å². The Morgan fingerprint density at radius 2 is 2.18 bits per heavy atom. The predicted octanol–water partition coefficient (Wildman–Crippen LogP) is 2.28. The van der Waals surface area contributed by atoms with Crippen LogP contribution in [-0.4, -0.2) is 34.0 Å². The second-order valence-electron chi connectivity index (χ2n) is 5.46. The van der Waals surface area contributed by atoms with Gasteiger partial charge in [-0.25, -0.2) is 9.37 Å². The van der Waals surface area contributed by atoms with E-state index in [9.17, 15) is 9.18 Å². The van der Waals surface area contributed by atoms with Crippen LogP contribution in [0.1, 0.15) is 22.6 Å². The molecule has 0 radical (unpaired) electrons. The number of primary amides is 1. The van der Waals surface area contributed by atoms with Crippen LogP contribution in [0.4, 0.5) is 4.39 Å². The number of benzene rings is 1. The number of carbonyl (C=O) groups is 1. The van der Waals surface area contributed by atoms with Gasteiger partial charge in [-0.15, -0.1) is 0 Å². The van der Waals surface area contributed by atoms with Crippen molar-refractivity contribution in [2.45, 2.75) is 19.5 Å². The van der Waals surface area contributed by atoms with Gasteiger partial charge in [-0.3, -0.25) is 4.79 Å². The minimum Gasteiger partial charge on any atom is -0.364 e. The molecule has 22 heavy (non-hydrogen) atoms. The Bertz CT molecular complexity index is 743. The van der Waals surface area contributed by atoms with Gasteiger partial charge in [0.05, 0.1) is 11.3 Å². The lowest BCUT2D eigenvalue weighted by Crippen LogP contribution is -2.21. The molecule has 1 aromatic carbocycles. The summed E-state index contributed by atoms with van der Waals surface area (Å²) in [6, 6.07) is 4.30. The van der Waals surface area contributed by atoms with Crippen molar-refractivity contribution in [1.82, 2.24) is 14.5 Å². The molecule has 3 rings (SSSR count). The Labute approximate surface area is 132 Å². The van der Waals surface area contributed by atoms with Crippen molar-refractivity contribution in [2.75, 3.05) is 13.6 Å². The number of nitrogens with two attached hydrogens (primary N) is 1. The van der Waals surface area contributed by atoms with Crippen molar-refractivity contribution in [2.24, 2.45) is 5.73 Å². The maximum Gasteiger partial charge on any atom is 0.269 e. The lowest BCUT2D eigenvalue weighted by atomic mass is 10.2. The standard InChI is InChI=1S/C15H16ClFN4O/c1-20-5-2-6-21-12(8-20)13(14(18)22)19-15(21)10-7-9(16)3-4-11(10)17/h3-4,7H,2,5-6,8H2,1H3,(H2,18,22). The predicted molar refractivity (Wildman–Crippen MR) is 82.1 cm³/mol. The third-order valence-corrected chi connectivity index (χ3v) is 4.05. The van der Waals surface area contributed by atoms with Crippen LogP contribution in [0.15, 0.2) is 18.2 Å². The molecule has 0 unspecified atom stereocenters. The van der Waals surface area contributed by atoms with Gasteiger partial charge in [-0.1, -0.05) is 11.6 Å². The normalized spacial score (nSPS) is 15.4. The Morgan fingerprint density at radius 1 is 1.41 bits per heavy atom. The molecule has 1 aliphatic heterocycles. The van der Waals surface area contributed by atoms with Crippen LogP contribution in [0, 0.1) is 5.82 Å². The molecule has 2 N–H and O–H groups in total. The van der Waals surface area contributed by atoms with Crippen molar-refractivity contribution < 1.29 is 9.18 Å². The number of carbonyl (C=O) groups excluding carboxylic acids is 1. The first-order chi connectivity index (χ1) is 10.5. The average Bonchev–Trinajstić information content (AvgIpc) is 2.69. The van der Waals surface area contributed by atoms with Gasteiger partial charge in [0.15, 0.2) is 5.69 Å². The summed E-state index contributed by atoms with van der Waals surface area (Å²) in [4.78, 5) is 18.1. The fourth-order valence-electron chi connectivity index (χ4n) is 2.79. The molecular formula is C15H16ClFN4O. The fourth-order valence-corrected chi connectivity index (χ4v) is 2.96. The molecule has 0 bridgehead atoms. The molecule has 0 saturated carbocycles. The summed E-state index contributed by atoms with van der Waals surface area (Å²) in [5.41, 5.74) is 6.65. The zero-order valence-electron chi connectivity index (χ0n) is 12.1. The molecule has 0 fully saturated rings. The van der Waals surface area contributed by atoms with E-state index >= 15 is 0 Å². The zero-order valence-corrected chi connectivity index (χ0v) is 12.9. The highest BCUT2D eigenvalue weighted by atomic mass is 35.5. The summed E-state index contributed by atoms with van der Waals surface area (Å²) in [5, 5.41) is 0.417. The highest BCUT2D eigenvalue weighted by Gasteiger charge is 2.25. The topological polar surface area (TPSA) is 64.2 Å². The Balaban J connectivity index is 2.22. The monoisotopic (exact) mass is 322 g/mol. The summed E-state index contributed by atoms with van der Waals surface area (Å²) >= 11 is 5.97. The second-order valence-corrected chi connectivity index (χ2v) is 5.90. The molecule has 1 amide bonds. The summed E-state index contributed by atoms with van der Waals surface area (Å²) < 4.78 is 16.0. The number of nitrogens with zero attached hydrogens (tertiary/aromatic N) is 3. The summed E-state index contributed by atoms with van der Waals surface area (Å²) in [6.07, 6.45) is 0.882. The molecule has 116 valence electrons. The highest BCUT2D eigenvalue weighted by Crippen LogP contribution is 2.29. The van der Waals surface area contributed by atoms with Crippen LogP contribution < -0.4 is 5.73 Å². The number of halogens is 2. The van der Waals surface area contributed by atoms with E-state index in [1.807, 2.05) is 11.6 Å². The van der Waals surface area contributed by atoms with Crippen molar-refractivity contribution in [3.8, 4) is 11.4 Å². The van der Waals surface area contributed by atoms with Gasteiger partial charge in [-0.05, 0) is 38.2 Å². The van der Waals surface area contributed by atoms with Gasteiger partial charge < -0.3 is 15.2 Å². The van der Waals surface area contributed by atoms with E-state index < -0.39 is 11.7 Å². The van der Waals surface area contributed by atoms with E-state index in [1.165, 1.54) is 18.2 Å². The quantitative estimate of drug-likeness (QED) is 0.922. The van der Waals surface area contributed by atoms with Gasteiger partial charge in [0.2, 0.25) is 0 Å². The van der Waals surface area contributed by atoms with Crippen LogP contribution in [0.3, 0.4) is 0 Å². The number of hydrogen-bond acceptors (Lipinski definition) is 3. The van der Waals surface area contributed by atoms with Gasteiger partial charge in [0.25, 0.3) is 5.91 Å². The average molecular weight is 323 g/mol. The second kappa shape index (κ2) is 5.70. The van der Waals surface area contributed by atoms with Crippen LogP contribution in [0.2, 0.25) is 5.02 Å². The lowest BCUT2D eigenvalue weighted by molar-refractivity contribution is 0.0994. The molecule has 7 heteroatoms. The van der Waals surface area contributed by atoms with Crippen LogP contribution in [0.25, 0.3) is 11.4 Å². The van der Waals surface area contributed by atoms with Crippen molar-refractivity contribution in [1.29, 1.82) is 0 Å². The van der Waals surface area contributed by atoms with Gasteiger partial charge in [-0.2, -0.15) is 0 Å². The molecule has 0 atom stereocenters. The maximum atomic E-state index is 14.2. The SMILES string of the molecule is CN1CCCn2c(-c3cc(Cl)ccc3F)nc(C(N)=O)c2C1. The first-order valence-electron chi connectivity index (χ1n) is 7.00. The van der Waals surface area contributed by atoms with E-state index in [2.05, 4.69) is 9.88 Å². The number of imidazole rings is 1. The minimum absolute atomic E-state index is 0.197. The molecule has 1 aliphatic rings. The first kappa shape index (κ1) is 15.0. The molecular weight excluding hydrogens is 307 g/mol. The van der Waals surface area contributed by atoms with Crippen LogP contribution in [-0.2, 0) is 13.1 Å². The molecule has 2 heterocycles. The molecule has 0 saturated heterocycles. The molecule has 5 nitrogen and oxygen atoms in total. The number of fused-ring (bicyclic) bond motifs is 1. The van der Waals surface area contributed by atoms with E-state index in [0.717, 1.165) is 18.7 Å². The van der Waals surface area contributed by atoms with Crippen molar-refractivity contribution in [3.05, 3.63) is 40.4 Å². The molecule has 1 aromatic heterocycles. The van der Waals surface area contributed by atoms with E-state index in [1.54, 1.807) is 0 Å². The summed E-state index contributed by atoms with van der Waals surface area (Å²) in [6.45, 7) is 2.09. The molecule has 0 aliphatic carbocycles. The smallest absolute Gasteiger partial charge is 0.269 e. The van der Waals surface area contributed by atoms with Gasteiger partial charge in [0, 0.05) is 18.1 Å². The zero-order chi connectivity index (χ0) is 15.9. The highest BCUT2D eigenvalue weighted by molar-refractivity contribution is 6.30. The summed E-state index contributed by atoms with van der Waals surface area (Å²) in [5.74, 6) is -0.627. The number of hydrogen-bond donors (Lipinski definition) is 1. The third-order valence-electron chi connectivity index (χ3n) is 3.82. The number of amides is 1. The van der Waals surface area contributed by atoms with Crippen molar-refractivity contribution in [3.63, 3.8) is 0 Å². The van der Waals surface area contributed by atoms with Gasteiger partial charge >= 0.3 is 0 Å². The largest absolute Gasteiger partial charge is 0.364 e. The fraction of sp³-hybridized carbons (Fsp3) is 0.333. The van der Waals surface area contributed by atoms with E-state index in [4.69, 9.17) is 17.3 Å². The lowest BCUT2D eigenvalue weighted by Gasteiger charge is -2.12. The van der Waals surface area contributed by atoms with Crippen molar-refractivity contribution >= 4 is 17.5 Å². The van der Waals surface area contributed by atoms with E-state index in [0.29, 0.717) is 23.9 Å². The molecule has 0 spiro atoms. The number of aromatic nitrogens is 2.